The molecule has 1 saturated carbocycles. The monoisotopic (exact) mass is 675 g/mol. The van der Waals surface area contributed by atoms with Crippen LogP contribution in [0.3, 0.4) is 0 Å². The number of ether oxygens (including phenoxy) is 1. The first-order valence-corrected chi connectivity index (χ1v) is 17.7. The van der Waals surface area contributed by atoms with E-state index in [0.717, 1.165) is 22.6 Å². The zero-order chi connectivity index (χ0) is 35.0. The van der Waals surface area contributed by atoms with Crippen LogP contribution < -0.4 is 5.32 Å². The predicted octanol–water partition coefficient (Wildman–Crippen LogP) is 4.77. The molecule has 4 amide bonds. The lowest BCUT2D eigenvalue weighted by molar-refractivity contribution is -0.161. The van der Waals surface area contributed by atoms with Crippen LogP contribution in [0.1, 0.15) is 83.2 Å². The number of carbonyl (C=O) groups excluding carboxylic acids is 4. The van der Waals surface area contributed by atoms with Gasteiger partial charge in [-0.25, -0.2) is 0 Å². The van der Waals surface area contributed by atoms with Crippen molar-refractivity contribution in [3.8, 4) is 6.07 Å². The molecule has 10 nitrogen and oxygen atoms in total. The van der Waals surface area contributed by atoms with Crippen molar-refractivity contribution in [1.82, 2.24) is 20.0 Å². The van der Waals surface area contributed by atoms with E-state index in [9.17, 15) is 24.4 Å². The van der Waals surface area contributed by atoms with Gasteiger partial charge in [0.05, 0.1) is 24.8 Å². The van der Waals surface area contributed by atoms with Crippen molar-refractivity contribution in [3.63, 3.8) is 0 Å². The maximum Gasteiger partial charge on any atom is 0.254 e. The van der Waals surface area contributed by atoms with Gasteiger partial charge in [0.25, 0.3) is 5.91 Å². The lowest BCUT2D eigenvalue weighted by Crippen LogP contribution is -2.63. The average molecular weight is 676 g/mol. The van der Waals surface area contributed by atoms with Gasteiger partial charge in [0.2, 0.25) is 17.7 Å². The summed E-state index contributed by atoms with van der Waals surface area (Å²) in [4.78, 5) is 58.6. The van der Waals surface area contributed by atoms with Gasteiger partial charge in [-0.15, -0.1) is 0 Å². The molecule has 1 unspecified atom stereocenters. The second-order valence-electron chi connectivity index (χ2n) is 13.7. The summed E-state index contributed by atoms with van der Waals surface area (Å²) in [7, 11) is 0. The van der Waals surface area contributed by atoms with Gasteiger partial charge in [0, 0.05) is 38.2 Å². The number of amides is 4. The number of piperazine rings is 1. The summed E-state index contributed by atoms with van der Waals surface area (Å²) in [5.74, 6) is 0.0285. The summed E-state index contributed by atoms with van der Waals surface area (Å²) in [6.07, 6.45) is 7.82. The SMILES string of the molecule is CC1CCCCC1.N#Cc1ccc(C(C(=O)NCc2ccc(C(=O)N3CCOCC3)cc2)N2CC(=O)N3Cc4ccccc4C[C@H]3C2=O)cc1. The molecule has 1 aliphatic carbocycles. The van der Waals surface area contributed by atoms with Crippen molar-refractivity contribution < 1.29 is 23.9 Å². The molecule has 260 valence electrons. The Bertz CT molecular complexity index is 1720. The number of rotatable bonds is 6. The van der Waals surface area contributed by atoms with E-state index < -0.39 is 18.0 Å². The first-order chi connectivity index (χ1) is 24.3. The van der Waals surface area contributed by atoms with Crippen LogP contribution >= 0.6 is 0 Å². The molecule has 3 aromatic carbocycles. The van der Waals surface area contributed by atoms with E-state index in [-0.39, 0.29) is 30.8 Å². The van der Waals surface area contributed by atoms with Crippen LogP contribution in [0.5, 0.6) is 0 Å². The number of nitrogens with one attached hydrogen (secondary N) is 1. The number of morpholine rings is 1. The molecule has 7 rings (SSSR count). The molecular formula is C40H45N5O5. The molecule has 3 aromatic rings. The Balaban J connectivity index is 0.000000552. The topological polar surface area (TPSA) is 123 Å². The molecule has 0 radical (unpaired) electrons. The Hall–Kier alpha value is -5.01. The standard InChI is InChI=1S/C33H31N5O5.C7H14/c34-18-22-5-9-24(10-6-22)30(38-21-29(39)37-20-27-4-2-1-3-26(27)17-28(37)33(38)42)31(40)35-19-23-7-11-25(12-8-23)32(41)36-13-15-43-16-14-36;1-7-5-3-2-4-6-7/h1-12,28,30H,13-17,19-21H2,(H,35,40);7H,2-6H2,1H3/t28-,30?;/m0./s1. The van der Waals surface area contributed by atoms with Gasteiger partial charge in [0.15, 0.2) is 0 Å². The fourth-order valence-corrected chi connectivity index (χ4v) is 7.25. The van der Waals surface area contributed by atoms with Gasteiger partial charge in [0.1, 0.15) is 18.6 Å². The predicted molar refractivity (Wildman–Crippen MR) is 187 cm³/mol. The number of nitriles is 1. The normalized spacial score (nSPS) is 19.7. The molecule has 0 bridgehead atoms. The number of nitrogens with zero attached hydrogens (tertiary/aromatic N) is 4. The van der Waals surface area contributed by atoms with Crippen LogP contribution in [0.2, 0.25) is 0 Å². The van der Waals surface area contributed by atoms with Crippen LogP contribution in [0.15, 0.2) is 72.8 Å². The highest BCUT2D eigenvalue weighted by molar-refractivity contribution is 5.99. The molecule has 1 N–H and O–H groups in total. The van der Waals surface area contributed by atoms with Gasteiger partial charge in [-0.05, 0) is 52.4 Å². The van der Waals surface area contributed by atoms with E-state index in [2.05, 4.69) is 18.3 Å². The van der Waals surface area contributed by atoms with Crippen LogP contribution in [-0.2, 0) is 38.6 Å². The highest BCUT2D eigenvalue weighted by Crippen LogP contribution is 2.32. The average Bonchev–Trinajstić information content (AvgIpc) is 3.16. The second-order valence-corrected chi connectivity index (χ2v) is 13.7. The molecule has 0 aromatic heterocycles. The van der Waals surface area contributed by atoms with Crippen molar-refractivity contribution >= 4 is 23.6 Å². The first-order valence-electron chi connectivity index (χ1n) is 17.7. The summed E-state index contributed by atoms with van der Waals surface area (Å²) >= 11 is 0. The van der Waals surface area contributed by atoms with Gasteiger partial charge >= 0.3 is 0 Å². The van der Waals surface area contributed by atoms with E-state index in [1.165, 1.54) is 37.0 Å². The first kappa shape index (κ1) is 34.8. The Labute approximate surface area is 294 Å². The number of carbonyl (C=O) groups is 4. The largest absolute Gasteiger partial charge is 0.378 e. The highest BCUT2D eigenvalue weighted by atomic mass is 16.5. The molecule has 2 saturated heterocycles. The van der Waals surface area contributed by atoms with Crippen molar-refractivity contribution in [3.05, 3.63) is 106 Å². The third kappa shape index (κ3) is 8.06. The van der Waals surface area contributed by atoms with E-state index in [1.807, 2.05) is 24.3 Å². The molecule has 3 heterocycles. The fourth-order valence-electron chi connectivity index (χ4n) is 7.25. The summed E-state index contributed by atoms with van der Waals surface area (Å²) in [5, 5.41) is 12.2. The van der Waals surface area contributed by atoms with E-state index in [0.29, 0.717) is 56.0 Å². The van der Waals surface area contributed by atoms with Crippen molar-refractivity contribution in [2.24, 2.45) is 5.92 Å². The minimum absolute atomic E-state index is 0.0626. The number of fused-ring (bicyclic) bond motifs is 2. The minimum atomic E-state index is -1.06. The third-order valence-electron chi connectivity index (χ3n) is 10.2. The summed E-state index contributed by atoms with van der Waals surface area (Å²) in [6.45, 7) is 4.80. The Morgan fingerprint density at radius 1 is 0.900 bits per heavy atom. The highest BCUT2D eigenvalue weighted by Gasteiger charge is 2.46. The summed E-state index contributed by atoms with van der Waals surface area (Å²) < 4.78 is 5.32. The lowest BCUT2D eigenvalue weighted by atomic mass is 9.90. The Kier molecular flexibility index (Phi) is 11.2. The molecule has 3 aliphatic heterocycles. The molecule has 3 fully saturated rings. The smallest absolute Gasteiger partial charge is 0.254 e. The van der Waals surface area contributed by atoms with Crippen LogP contribution in [0.4, 0.5) is 0 Å². The Morgan fingerprint density at radius 3 is 2.22 bits per heavy atom. The minimum Gasteiger partial charge on any atom is -0.378 e. The van der Waals surface area contributed by atoms with Crippen molar-refractivity contribution in [1.29, 1.82) is 5.26 Å². The van der Waals surface area contributed by atoms with Crippen LogP contribution in [0, 0.1) is 17.2 Å². The van der Waals surface area contributed by atoms with Crippen LogP contribution in [-0.4, -0.2) is 77.2 Å². The van der Waals surface area contributed by atoms with E-state index in [1.54, 1.807) is 58.3 Å². The molecule has 10 heteroatoms. The second kappa shape index (κ2) is 16.1. The van der Waals surface area contributed by atoms with E-state index in [4.69, 9.17) is 4.74 Å². The maximum absolute atomic E-state index is 13.9. The maximum atomic E-state index is 13.9. The van der Waals surface area contributed by atoms with E-state index >= 15 is 0 Å². The molecule has 50 heavy (non-hydrogen) atoms. The summed E-state index contributed by atoms with van der Waals surface area (Å²) in [5.41, 5.74) is 4.30. The number of benzene rings is 3. The Morgan fingerprint density at radius 2 is 1.58 bits per heavy atom. The molecular weight excluding hydrogens is 630 g/mol. The zero-order valence-electron chi connectivity index (χ0n) is 28.7. The zero-order valence-corrected chi connectivity index (χ0v) is 28.7. The van der Waals surface area contributed by atoms with Crippen molar-refractivity contribution in [2.75, 3.05) is 32.8 Å². The quantitative estimate of drug-likeness (QED) is 0.402. The molecule has 2 atom stereocenters. The molecule has 4 aliphatic rings. The third-order valence-corrected chi connectivity index (χ3v) is 10.2. The van der Waals surface area contributed by atoms with Crippen molar-refractivity contribution in [2.45, 2.75) is 70.6 Å². The van der Waals surface area contributed by atoms with Gasteiger partial charge in [-0.2, -0.15) is 5.26 Å². The van der Waals surface area contributed by atoms with Gasteiger partial charge in [-0.1, -0.05) is 87.6 Å². The van der Waals surface area contributed by atoms with Gasteiger partial charge in [-0.3, -0.25) is 19.2 Å². The number of hydrogen-bond acceptors (Lipinski definition) is 6. The summed E-state index contributed by atoms with van der Waals surface area (Å²) in [6, 6.07) is 21.6. The number of hydrogen-bond donors (Lipinski definition) is 1. The molecule has 0 spiro atoms. The fraction of sp³-hybridized carbons (Fsp3) is 0.425. The van der Waals surface area contributed by atoms with Crippen LogP contribution in [0.25, 0.3) is 0 Å². The lowest BCUT2D eigenvalue weighted by Gasteiger charge is -2.45. The van der Waals surface area contributed by atoms with Gasteiger partial charge < -0.3 is 24.8 Å².